The highest BCUT2D eigenvalue weighted by molar-refractivity contribution is 7.99. The first kappa shape index (κ1) is 18.8. The van der Waals surface area contributed by atoms with Crippen LogP contribution in [-0.4, -0.2) is 30.7 Å². The molecule has 0 saturated carbocycles. The van der Waals surface area contributed by atoms with Crippen LogP contribution in [0.3, 0.4) is 0 Å². The van der Waals surface area contributed by atoms with Crippen LogP contribution in [-0.2, 0) is 9.59 Å². The van der Waals surface area contributed by atoms with Crippen molar-refractivity contribution in [3.05, 3.63) is 24.3 Å². The SMILES string of the molecule is CC(C(=O)Nc1ccccc1SCCC(N)=O)C1CNC1.Cl. The van der Waals surface area contributed by atoms with Crippen molar-refractivity contribution in [3.8, 4) is 0 Å². The van der Waals surface area contributed by atoms with Crippen LogP contribution in [0.25, 0.3) is 0 Å². The van der Waals surface area contributed by atoms with Crippen molar-refractivity contribution < 1.29 is 9.59 Å². The summed E-state index contributed by atoms with van der Waals surface area (Å²) in [4.78, 5) is 24.0. The second-order valence-electron chi connectivity index (χ2n) is 5.26. The monoisotopic (exact) mass is 343 g/mol. The first-order valence-corrected chi connectivity index (χ1v) is 8.08. The summed E-state index contributed by atoms with van der Waals surface area (Å²) in [6.07, 6.45) is 0.330. The molecule has 2 rings (SSSR count). The van der Waals surface area contributed by atoms with Crippen molar-refractivity contribution in [1.29, 1.82) is 0 Å². The summed E-state index contributed by atoms with van der Waals surface area (Å²) in [5.74, 6) is 0.763. The second-order valence-corrected chi connectivity index (χ2v) is 6.39. The summed E-state index contributed by atoms with van der Waals surface area (Å²) in [5, 5.41) is 6.18. The number of rotatable bonds is 7. The first-order valence-electron chi connectivity index (χ1n) is 7.09. The lowest BCUT2D eigenvalue weighted by Crippen LogP contribution is -2.48. The molecule has 1 fully saturated rings. The van der Waals surface area contributed by atoms with Gasteiger partial charge in [-0.1, -0.05) is 19.1 Å². The normalized spacial score (nSPS) is 15.3. The Hall–Kier alpha value is -1.24. The summed E-state index contributed by atoms with van der Waals surface area (Å²) >= 11 is 1.53. The van der Waals surface area contributed by atoms with Gasteiger partial charge in [0.15, 0.2) is 0 Å². The van der Waals surface area contributed by atoms with Gasteiger partial charge in [-0.25, -0.2) is 0 Å². The Balaban J connectivity index is 0.00000242. The molecule has 22 heavy (non-hydrogen) atoms. The van der Waals surface area contributed by atoms with Crippen LogP contribution in [0.5, 0.6) is 0 Å². The van der Waals surface area contributed by atoms with Crippen LogP contribution in [0.4, 0.5) is 5.69 Å². The topological polar surface area (TPSA) is 84.2 Å². The Bertz CT molecular complexity index is 523. The molecule has 122 valence electrons. The van der Waals surface area contributed by atoms with Crippen molar-refractivity contribution in [2.45, 2.75) is 18.2 Å². The third-order valence-electron chi connectivity index (χ3n) is 3.68. The van der Waals surface area contributed by atoms with Gasteiger partial charge in [0.05, 0.1) is 5.69 Å². The van der Waals surface area contributed by atoms with Gasteiger partial charge in [-0.05, 0) is 31.1 Å². The Labute approximate surface area is 141 Å². The largest absolute Gasteiger partial charge is 0.370 e. The minimum atomic E-state index is -0.310. The number of thioether (sulfide) groups is 1. The standard InChI is InChI=1S/C15H21N3O2S.ClH/c1-10(11-8-17-9-11)15(20)18-12-4-2-3-5-13(12)21-7-6-14(16)19;/h2-5,10-11,17H,6-9H2,1H3,(H2,16,19)(H,18,20);1H. The number of amides is 2. The molecule has 0 radical (unpaired) electrons. The van der Waals surface area contributed by atoms with Crippen molar-refractivity contribution in [1.82, 2.24) is 5.32 Å². The second kappa shape index (κ2) is 9.02. The zero-order chi connectivity index (χ0) is 15.2. The highest BCUT2D eigenvalue weighted by Gasteiger charge is 2.28. The highest BCUT2D eigenvalue weighted by atomic mass is 35.5. The smallest absolute Gasteiger partial charge is 0.227 e. The minimum absolute atomic E-state index is 0. The maximum Gasteiger partial charge on any atom is 0.227 e. The van der Waals surface area contributed by atoms with Crippen LogP contribution in [0.1, 0.15) is 13.3 Å². The van der Waals surface area contributed by atoms with E-state index in [1.165, 1.54) is 11.8 Å². The molecule has 1 aromatic rings. The van der Waals surface area contributed by atoms with Gasteiger partial charge >= 0.3 is 0 Å². The maximum absolute atomic E-state index is 12.3. The van der Waals surface area contributed by atoms with E-state index in [-0.39, 0.29) is 30.1 Å². The Morgan fingerprint density at radius 3 is 2.68 bits per heavy atom. The number of hydrogen-bond acceptors (Lipinski definition) is 4. The zero-order valence-corrected chi connectivity index (χ0v) is 14.1. The summed E-state index contributed by atoms with van der Waals surface area (Å²) in [6, 6.07) is 7.64. The van der Waals surface area contributed by atoms with Crippen LogP contribution >= 0.6 is 24.2 Å². The fraction of sp³-hybridized carbons (Fsp3) is 0.467. The predicted octanol–water partition coefficient (Wildman–Crippen LogP) is 1.87. The molecule has 1 aliphatic rings. The molecule has 1 aliphatic heterocycles. The van der Waals surface area contributed by atoms with Crippen LogP contribution in [0.2, 0.25) is 0 Å². The van der Waals surface area contributed by atoms with E-state index in [9.17, 15) is 9.59 Å². The summed E-state index contributed by atoms with van der Waals surface area (Å²) < 4.78 is 0. The van der Waals surface area contributed by atoms with E-state index in [1.54, 1.807) is 0 Å². The number of primary amides is 1. The lowest BCUT2D eigenvalue weighted by atomic mass is 9.88. The van der Waals surface area contributed by atoms with Crippen molar-refractivity contribution in [3.63, 3.8) is 0 Å². The summed E-state index contributed by atoms with van der Waals surface area (Å²) in [7, 11) is 0. The summed E-state index contributed by atoms with van der Waals surface area (Å²) in [6.45, 7) is 3.77. The van der Waals surface area contributed by atoms with Gasteiger partial charge in [-0.15, -0.1) is 24.2 Å². The average Bonchev–Trinajstić information content (AvgIpc) is 2.38. The van der Waals surface area contributed by atoms with Gasteiger partial charge in [0.2, 0.25) is 11.8 Å². The number of anilines is 1. The van der Waals surface area contributed by atoms with E-state index >= 15 is 0 Å². The molecule has 4 N–H and O–H groups in total. The molecule has 7 heteroatoms. The molecule has 5 nitrogen and oxygen atoms in total. The van der Waals surface area contributed by atoms with E-state index in [0.29, 0.717) is 18.1 Å². The number of benzene rings is 1. The number of nitrogens with two attached hydrogens (primary N) is 1. The molecule has 1 atom stereocenters. The number of halogens is 1. The van der Waals surface area contributed by atoms with Crippen molar-refractivity contribution >= 4 is 41.7 Å². The van der Waals surface area contributed by atoms with Crippen molar-refractivity contribution in [2.75, 3.05) is 24.2 Å². The Morgan fingerprint density at radius 2 is 2.09 bits per heavy atom. The molecule has 1 saturated heterocycles. The van der Waals surface area contributed by atoms with E-state index in [0.717, 1.165) is 23.7 Å². The third-order valence-corrected chi connectivity index (χ3v) is 4.76. The number of carbonyl (C=O) groups is 2. The number of nitrogens with one attached hydrogen (secondary N) is 2. The lowest BCUT2D eigenvalue weighted by molar-refractivity contribution is -0.121. The predicted molar refractivity (Wildman–Crippen MR) is 92.4 cm³/mol. The van der Waals surface area contributed by atoms with E-state index in [2.05, 4.69) is 10.6 Å². The Morgan fingerprint density at radius 1 is 1.41 bits per heavy atom. The van der Waals surface area contributed by atoms with E-state index in [1.807, 2.05) is 31.2 Å². The van der Waals surface area contributed by atoms with Gasteiger partial charge in [-0.3, -0.25) is 9.59 Å². The molecule has 0 bridgehead atoms. The molecule has 1 aromatic carbocycles. The molecule has 1 heterocycles. The molecule has 0 aromatic heterocycles. The Kier molecular flexibility index (Phi) is 7.72. The van der Waals surface area contributed by atoms with Gasteiger partial charge < -0.3 is 16.4 Å². The van der Waals surface area contributed by atoms with Gasteiger partial charge in [0.25, 0.3) is 0 Å². The minimum Gasteiger partial charge on any atom is -0.370 e. The molecular formula is C15H22ClN3O2S. The van der Waals surface area contributed by atoms with Gasteiger partial charge in [0, 0.05) is 23.0 Å². The van der Waals surface area contributed by atoms with Gasteiger partial charge in [-0.2, -0.15) is 0 Å². The van der Waals surface area contributed by atoms with Crippen LogP contribution < -0.4 is 16.4 Å². The van der Waals surface area contributed by atoms with Crippen LogP contribution in [0.15, 0.2) is 29.2 Å². The molecule has 0 spiro atoms. The fourth-order valence-electron chi connectivity index (χ4n) is 2.08. The molecule has 2 amide bonds. The van der Waals surface area contributed by atoms with Gasteiger partial charge in [0.1, 0.15) is 0 Å². The maximum atomic E-state index is 12.3. The fourth-order valence-corrected chi connectivity index (χ4v) is 3.06. The summed E-state index contributed by atoms with van der Waals surface area (Å²) in [5.41, 5.74) is 5.94. The number of carbonyl (C=O) groups excluding carboxylic acids is 2. The van der Waals surface area contributed by atoms with E-state index < -0.39 is 0 Å². The molecule has 1 unspecified atom stereocenters. The van der Waals surface area contributed by atoms with Crippen LogP contribution in [0, 0.1) is 11.8 Å². The van der Waals surface area contributed by atoms with Crippen molar-refractivity contribution in [2.24, 2.45) is 17.6 Å². The third kappa shape index (κ3) is 5.19. The molecular weight excluding hydrogens is 322 g/mol. The zero-order valence-electron chi connectivity index (χ0n) is 12.5. The highest BCUT2D eigenvalue weighted by Crippen LogP contribution is 2.28. The number of hydrogen-bond donors (Lipinski definition) is 3. The average molecular weight is 344 g/mol. The van der Waals surface area contributed by atoms with E-state index in [4.69, 9.17) is 5.73 Å². The first-order chi connectivity index (χ1) is 10.1. The lowest BCUT2D eigenvalue weighted by Gasteiger charge is -2.31. The molecule has 0 aliphatic carbocycles. The quantitative estimate of drug-likeness (QED) is 0.660. The number of para-hydroxylation sites is 1.